The van der Waals surface area contributed by atoms with E-state index in [1.165, 1.54) is 18.3 Å². The van der Waals surface area contributed by atoms with Crippen LogP contribution in [-0.2, 0) is 0 Å². The fourth-order valence-corrected chi connectivity index (χ4v) is 3.92. The third-order valence-electron chi connectivity index (χ3n) is 5.42. The van der Waals surface area contributed by atoms with E-state index in [-0.39, 0.29) is 39.1 Å². The van der Waals surface area contributed by atoms with Gasteiger partial charge in [0.05, 0.1) is 17.1 Å². The number of benzene rings is 1. The highest BCUT2D eigenvalue weighted by Crippen LogP contribution is 2.32. The summed E-state index contributed by atoms with van der Waals surface area (Å²) in [6.07, 6.45) is 1.43. The number of nitrogens with one attached hydrogen (secondary N) is 1. The molecule has 34 heavy (non-hydrogen) atoms. The van der Waals surface area contributed by atoms with Crippen molar-refractivity contribution >= 4 is 34.1 Å². The van der Waals surface area contributed by atoms with E-state index >= 15 is 0 Å². The van der Waals surface area contributed by atoms with Gasteiger partial charge in [0.15, 0.2) is 22.8 Å². The Morgan fingerprint density at radius 1 is 1.29 bits per heavy atom. The van der Waals surface area contributed by atoms with Gasteiger partial charge in [0, 0.05) is 17.3 Å². The van der Waals surface area contributed by atoms with Crippen LogP contribution in [-0.4, -0.2) is 21.0 Å². The number of rotatable bonds is 5. The molecule has 1 aromatic carbocycles. The molecule has 0 fully saturated rings. The molecule has 0 amide bonds. The van der Waals surface area contributed by atoms with E-state index in [0.717, 1.165) is 5.56 Å². The van der Waals surface area contributed by atoms with Crippen LogP contribution in [0.15, 0.2) is 57.0 Å². The molecule has 3 aromatic heterocycles. The van der Waals surface area contributed by atoms with Crippen molar-refractivity contribution in [1.82, 2.24) is 9.97 Å². The standard InChI is InChI=1S/C24H21ClFN5O3/c1-11-9-14(13(3)29-17-6-7-18(25)30-20(17)24(27)31-33)23-15(10-11)21(32)12(2)22(34-23)19-16(26)5-4-8-28-19/h4-10,13,29,33H,1-3H3,(H2,27,31)/t13-/m1/s1. The van der Waals surface area contributed by atoms with Crippen LogP contribution < -0.4 is 16.5 Å². The van der Waals surface area contributed by atoms with Gasteiger partial charge in [-0.3, -0.25) is 4.79 Å². The topological polar surface area (TPSA) is 127 Å². The largest absolute Gasteiger partial charge is 0.453 e. The van der Waals surface area contributed by atoms with Gasteiger partial charge in [-0.05, 0) is 56.7 Å². The van der Waals surface area contributed by atoms with E-state index in [0.29, 0.717) is 22.2 Å². The molecule has 0 aliphatic rings. The number of nitrogens with zero attached hydrogens (tertiary/aromatic N) is 3. The summed E-state index contributed by atoms with van der Waals surface area (Å²) >= 11 is 5.97. The Hall–Kier alpha value is -3.98. The lowest BCUT2D eigenvalue weighted by Gasteiger charge is -2.20. The molecule has 4 aromatic rings. The molecule has 0 radical (unpaired) electrons. The van der Waals surface area contributed by atoms with E-state index in [1.807, 2.05) is 19.9 Å². The molecule has 10 heteroatoms. The molecule has 0 saturated heterocycles. The average molecular weight is 482 g/mol. The van der Waals surface area contributed by atoms with E-state index in [1.54, 1.807) is 25.1 Å². The Kier molecular flexibility index (Phi) is 6.21. The fourth-order valence-electron chi connectivity index (χ4n) is 3.77. The van der Waals surface area contributed by atoms with Crippen LogP contribution in [0, 0.1) is 19.7 Å². The SMILES string of the molecule is Cc1cc([C@@H](C)Nc2ccc(Cl)nc2/C(N)=N/O)c2oc(-c3ncccc3F)c(C)c(=O)c2c1. The number of oxime groups is 1. The number of fused-ring (bicyclic) bond motifs is 1. The Morgan fingerprint density at radius 3 is 2.76 bits per heavy atom. The molecule has 4 N–H and O–H groups in total. The number of pyridine rings is 2. The van der Waals surface area contributed by atoms with Gasteiger partial charge < -0.3 is 20.7 Å². The molecule has 174 valence electrons. The zero-order valence-electron chi connectivity index (χ0n) is 18.6. The first kappa shape index (κ1) is 23.2. The summed E-state index contributed by atoms with van der Waals surface area (Å²) in [7, 11) is 0. The highest BCUT2D eigenvalue weighted by atomic mass is 35.5. The Bertz CT molecular complexity index is 1500. The highest BCUT2D eigenvalue weighted by molar-refractivity contribution is 6.29. The number of halogens is 2. The predicted molar refractivity (Wildman–Crippen MR) is 129 cm³/mol. The van der Waals surface area contributed by atoms with Crippen LogP contribution in [0.3, 0.4) is 0 Å². The Balaban J connectivity index is 1.90. The maximum atomic E-state index is 14.5. The molecule has 0 spiro atoms. The second-order valence-electron chi connectivity index (χ2n) is 7.83. The van der Waals surface area contributed by atoms with Crippen LogP contribution in [0.5, 0.6) is 0 Å². The first-order chi connectivity index (χ1) is 16.2. The number of aryl methyl sites for hydroxylation is 1. The molecule has 1 atom stereocenters. The lowest BCUT2D eigenvalue weighted by Crippen LogP contribution is -2.19. The zero-order valence-corrected chi connectivity index (χ0v) is 19.3. The number of hydrogen-bond donors (Lipinski definition) is 3. The van der Waals surface area contributed by atoms with Gasteiger partial charge in [0.2, 0.25) is 0 Å². The van der Waals surface area contributed by atoms with Crippen LogP contribution in [0.1, 0.15) is 35.3 Å². The minimum Gasteiger partial charge on any atom is -0.453 e. The van der Waals surface area contributed by atoms with Crippen molar-refractivity contribution in [2.24, 2.45) is 10.9 Å². The maximum absolute atomic E-state index is 14.5. The number of nitrogens with two attached hydrogens (primary N) is 1. The van der Waals surface area contributed by atoms with Gasteiger partial charge in [0.1, 0.15) is 22.1 Å². The fraction of sp³-hybridized carbons (Fsp3) is 0.167. The number of hydrogen-bond acceptors (Lipinski definition) is 7. The third-order valence-corrected chi connectivity index (χ3v) is 5.63. The minimum absolute atomic E-state index is 0.0396. The average Bonchev–Trinajstić information content (AvgIpc) is 2.82. The Morgan fingerprint density at radius 2 is 2.06 bits per heavy atom. The molecule has 0 saturated carbocycles. The number of aromatic nitrogens is 2. The van der Waals surface area contributed by atoms with Gasteiger partial charge >= 0.3 is 0 Å². The van der Waals surface area contributed by atoms with Crippen molar-refractivity contribution in [3.63, 3.8) is 0 Å². The van der Waals surface area contributed by atoms with Gasteiger partial charge in [-0.2, -0.15) is 0 Å². The predicted octanol–water partition coefficient (Wildman–Crippen LogP) is 4.93. The molecular weight excluding hydrogens is 461 g/mol. The number of amidine groups is 1. The molecule has 0 aliphatic carbocycles. The lowest BCUT2D eigenvalue weighted by atomic mass is 9.99. The maximum Gasteiger partial charge on any atom is 0.196 e. The van der Waals surface area contributed by atoms with Gasteiger partial charge in [0.25, 0.3) is 0 Å². The third kappa shape index (κ3) is 4.17. The summed E-state index contributed by atoms with van der Waals surface area (Å²) in [6, 6.07) is 9.10. The second-order valence-corrected chi connectivity index (χ2v) is 8.22. The van der Waals surface area contributed by atoms with Gasteiger partial charge in [-0.25, -0.2) is 14.4 Å². The van der Waals surface area contributed by atoms with Crippen LogP contribution in [0.4, 0.5) is 10.1 Å². The van der Waals surface area contributed by atoms with Crippen molar-refractivity contribution < 1.29 is 14.0 Å². The van der Waals surface area contributed by atoms with E-state index in [2.05, 4.69) is 20.4 Å². The summed E-state index contributed by atoms with van der Waals surface area (Å²) < 4.78 is 20.6. The summed E-state index contributed by atoms with van der Waals surface area (Å²) in [5, 5.41) is 15.9. The van der Waals surface area contributed by atoms with Crippen LogP contribution in [0.25, 0.3) is 22.4 Å². The van der Waals surface area contributed by atoms with Crippen molar-refractivity contribution in [3.8, 4) is 11.5 Å². The summed E-state index contributed by atoms with van der Waals surface area (Å²) in [6.45, 7) is 5.29. The van der Waals surface area contributed by atoms with E-state index in [9.17, 15) is 9.18 Å². The van der Waals surface area contributed by atoms with Crippen molar-refractivity contribution in [2.45, 2.75) is 26.8 Å². The van der Waals surface area contributed by atoms with Crippen LogP contribution >= 0.6 is 11.6 Å². The molecule has 4 rings (SSSR count). The molecule has 0 aliphatic heterocycles. The van der Waals surface area contributed by atoms with E-state index in [4.69, 9.17) is 27.0 Å². The van der Waals surface area contributed by atoms with Gasteiger partial charge in [-0.15, -0.1) is 0 Å². The Labute approximate surface area is 198 Å². The summed E-state index contributed by atoms with van der Waals surface area (Å²) in [4.78, 5) is 21.4. The normalized spacial score (nSPS) is 12.7. The quantitative estimate of drug-likeness (QED) is 0.121. The highest BCUT2D eigenvalue weighted by Gasteiger charge is 2.22. The lowest BCUT2D eigenvalue weighted by molar-refractivity contribution is 0.318. The first-order valence-electron chi connectivity index (χ1n) is 10.3. The zero-order chi connectivity index (χ0) is 24.6. The second kappa shape index (κ2) is 9.11. The monoisotopic (exact) mass is 481 g/mol. The first-order valence-corrected chi connectivity index (χ1v) is 10.7. The molecule has 0 bridgehead atoms. The van der Waals surface area contributed by atoms with Crippen LogP contribution in [0.2, 0.25) is 5.15 Å². The molecule has 0 unspecified atom stereocenters. The van der Waals surface area contributed by atoms with Crippen molar-refractivity contribution in [3.05, 3.63) is 86.2 Å². The summed E-state index contributed by atoms with van der Waals surface area (Å²) in [5.41, 5.74) is 8.11. The molecule has 8 nitrogen and oxygen atoms in total. The summed E-state index contributed by atoms with van der Waals surface area (Å²) in [5.74, 6) is -0.747. The van der Waals surface area contributed by atoms with Crippen molar-refractivity contribution in [1.29, 1.82) is 0 Å². The minimum atomic E-state index is -0.594. The van der Waals surface area contributed by atoms with E-state index < -0.39 is 11.9 Å². The number of anilines is 1. The molecule has 3 heterocycles. The smallest absolute Gasteiger partial charge is 0.196 e. The van der Waals surface area contributed by atoms with Gasteiger partial charge in [-0.1, -0.05) is 22.8 Å². The van der Waals surface area contributed by atoms with Crippen molar-refractivity contribution in [2.75, 3.05) is 5.32 Å². The molecular formula is C24H21ClFN5O3.